The topological polar surface area (TPSA) is 20.2 Å². The molecule has 2 rings (SSSR count). The van der Waals surface area contributed by atoms with Gasteiger partial charge in [-0.1, -0.05) is 36.8 Å². The van der Waals surface area contributed by atoms with Crippen molar-refractivity contribution in [3.63, 3.8) is 0 Å². The summed E-state index contributed by atoms with van der Waals surface area (Å²) in [6, 6.07) is 0. The van der Waals surface area contributed by atoms with Crippen LogP contribution in [-0.4, -0.2) is 10.7 Å². The standard InChI is InChI=1S/C20H32O/c1-15(2)20(21)14-13-19(5)12-11-17(4)8-6-7-16(3)9-10-18(19)20/h7,11,18,21H,1,6,8-10,12-14H2,2-5H3/b16-7-,17-11-/t18-,19+,20+/m0/s1. The van der Waals surface area contributed by atoms with Crippen molar-refractivity contribution in [2.24, 2.45) is 11.3 Å². The summed E-state index contributed by atoms with van der Waals surface area (Å²) in [4.78, 5) is 0. The predicted molar refractivity (Wildman–Crippen MR) is 91.2 cm³/mol. The summed E-state index contributed by atoms with van der Waals surface area (Å²) in [6.45, 7) is 13.0. The molecular formula is C20H32O. The Morgan fingerprint density at radius 3 is 2.52 bits per heavy atom. The van der Waals surface area contributed by atoms with Crippen molar-refractivity contribution in [3.05, 3.63) is 35.5 Å². The van der Waals surface area contributed by atoms with E-state index in [0.29, 0.717) is 5.92 Å². The molecule has 1 fully saturated rings. The number of aliphatic hydroxyl groups is 1. The van der Waals surface area contributed by atoms with Gasteiger partial charge in [-0.15, -0.1) is 0 Å². The Kier molecular flexibility index (Phi) is 4.82. The zero-order valence-corrected chi connectivity index (χ0v) is 14.3. The summed E-state index contributed by atoms with van der Waals surface area (Å²) < 4.78 is 0. The molecule has 0 bridgehead atoms. The molecule has 0 spiro atoms. The van der Waals surface area contributed by atoms with Crippen LogP contribution in [0.2, 0.25) is 0 Å². The fourth-order valence-corrected chi connectivity index (χ4v) is 4.27. The van der Waals surface area contributed by atoms with Gasteiger partial charge in [-0.3, -0.25) is 0 Å². The molecule has 0 aromatic rings. The first-order valence-electron chi connectivity index (χ1n) is 8.47. The fourth-order valence-electron chi connectivity index (χ4n) is 4.27. The van der Waals surface area contributed by atoms with E-state index in [4.69, 9.17) is 0 Å². The molecule has 2 aliphatic carbocycles. The summed E-state index contributed by atoms with van der Waals surface area (Å²) in [5.41, 5.74) is 3.47. The van der Waals surface area contributed by atoms with Crippen LogP contribution in [0.5, 0.6) is 0 Å². The summed E-state index contributed by atoms with van der Waals surface area (Å²) in [7, 11) is 0. The normalized spacial score (nSPS) is 43.0. The second-order valence-corrected chi connectivity index (χ2v) is 7.79. The van der Waals surface area contributed by atoms with Crippen LogP contribution >= 0.6 is 0 Å². The van der Waals surface area contributed by atoms with Gasteiger partial charge in [0.05, 0.1) is 5.60 Å². The lowest BCUT2D eigenvalue weighted by Crippen LogP contribution is -2.39. The number of rotatable bonds is 1. The maximum absolute atomic E-state index is 11.2. The Morgan fingerprint density at radius 2 is 1.86 bits per heavy atom. The largest absolute Gasteiger partial charge is 0.385 e. The molecule has 0 amide bonds. The molecule has 1 saturated carbocycles. The number of hydrogen-bond acceptors (Lipinski definition) is 1. The maximum Gasteiger partial charge on any atom is 0.0885 e. The van der Waals surface area contributed by atoms with Crippen molar-refractivity contribution in [2.45, 2.75) is 78.2 Å². The van der Waals surface area contributed by atoms with Gasteiger partial charge in [0.25, 0.3) is 0 Å². The Balaban J connectivity index is 2.35. The second-order valence-electron chi connectivity index (χ2n) is 7.79. The summed E-state index contributed by atoms with van der Waals surface area (Å²) in [5.74, 6) is 0.327. The van der Waals surface area contributed by atoms with Gasteiger partial charge in [0, 0.05) is 0 Å². The van der Waals surface area contributed by atoms with E-state index >= 15 is 0 Å². The summed E-state index contributed by atoms with van der Waals surface area (Å²) in [6.07, 6.45) is 12.4. The molecule has 21 heavy (non-hydrogen) atoms. The van der Waals surface area contributed by atoms with Crippen molar-refractivity contribution in [3.8, 4) is 0 Å². The zero-order valence-electron chi connectivity index (χ0n) is 14.3. The van der Waals surface area contributed by atoms with Gasteiger partial charge in [0.1, 0.15) is 0 Å². The van der Waals surface area contributed by atoms with E-state index in [1.165, 1.54) is 17.6 Å². The lowest BCUT2D eigenvalue weighted by molar-refractivity contribution is 0.00422. The van der Waals surface area contributed by atoms with E-state index in [1.54, 1.807) is 0 Å². The monoisotopic (exact) mass is 288 g/mol. The highest BCUT2D eigenvalue weighted by atomic mass is 16.3. The molecule has 0 saturated heterocycles. The smallest absolute Gasteiger partial charge is 0.0885 e. The lowest BCUT2D eigenvalue weighted by atomic mass is 9.69. The van der Waals surface area contributed by atoms with Gasteiger partial charge in [0.2, 0.25) is 0 Å². The van der Waals surface area contributed by atoms with Crippen LogP contribution in [0, 0.1) is 11.3 Å². The summed E-state index contributed by atoms with van der Waals surface area (Å²) >= 11 is 0. The van der Waals surface area contributed by atoms with Gasteiger partial charge >= 0.3 is 0 Å². The molecule has 0 radical (unpaired) electrons. The number of fused-ring (bicyclic) bond motifs is 1. The zero-order chi connectivity index (χ0) is 15.7. The van der Waals surface area contributed by atoms with Gasteiger partial charge in [-0.2, -0.15) is 0 Å². The highest BCUT2D eigenvalue weighted by molar-refractivity contribution is 5.21. The number of allylic oxidation sites excluding steroid dienone is 4. The molecule has 0 heterocycles. The van der Waals surface area contributed by atoms with Crippen LogP contribution in [0.15, 0.2) is 35.5 Å². The lowest BCUT2D eigenvalue weighted by Gasteiger charge is -2.39. The molecule has 1 nitrogen and oxygen atoms in total. The van der Waals surface area contributed by atoms with Crippen LogP contribution in [-0.2, 0) is 0 Å². The third-order valence-corrected chi connectivity index (χ3v) is 6.01. The van der Waals surface area contributed by atoms with E-state index < -0.39 is 5.60 Å². The first-order valence-corrected chi connectivity index (χ1v) is 8.47. The van der Waals surface area contributed by atoms with Gasteiger partial charge < -0.3 is 5.11 Å². The molecule has 0 aromatic heterocycles. The molecule has 1 heteroatoms. The van der Waals surface area contributed by atoms with Crippen LogP contribution in [0.4, 0.5) is 0 Å². The summed E-state index contributed by atoms with van der Waals surface area (Å²) in [5, 5.41) is 11.2. The van der Waals surface area contributed by atoms with E-state index in [-0.39, 0.29) is 5.41 Å². The molecular weight excluding hydrogens is 256 g/mol. The minimum absolute atomic E-state index is 0.208. The van der Waals surface area contributed by atoms with Crippen molar-refractivity contribution in [1.29, 1.82) is 0 Å². The molecule has 118 valence electrons. The van der Waals surface area contributed by atoms with E-state index in [2.05, 4.69) is 39.5 Å². The highest BCUT2D eigenvalue weighted by Crippen LogP contribution is 2.56. The van der Waals surface area contributed by atoms with E-state index in [0.717, 1.165) is 44.1 Å². The first kappa shape index (κ1) is 16.5. The number of hydrogen-bond donors (Lipinski definition) is 1. The average Bonchev–Trinajstić information content (AvgIpc) is 2.67. The third kappa shape index (κ3) is 3.34. The van der Waals surface area contributed by atoms with Crippen molar-refractivity contribution >= 4 is 0 Å². The fraction of sp³-hybridized carbons (Fsp3) is 0.700. The Labute approximate surface area is 130 Å². The molecule has 0 aromatic carbocycles. The van der Waals surface area contributed by atoms with Crippen molar-refractivity contribution in [1.82, 2.24) is 0 Å². The molecule has 0 unspecified atom stereocenters. The minimum atomic E-state index is -0.662. The maximum atomic E-state index is 11.2. The van der Waals surface area contributed by atoms with Gasteiger partial charge in [-0.25, -0.2) is 0 Å². The molecule has 0 aliphatic heterocycles. The molecule has 3 atom stereocenters. The Morgan fingerprint density at radius 1 is 1.19 bits per heavy atom. The van der Waals surface area contributed by atoms with E-state index in [1.807, 2.05) is 6.92 Å². The van der Waals surface area contributed by atoms with E-state index in [9.17, 15) is 5.11 Å². The molecule has 2 aliphatic rings. The predicted octanol–water partition coefficient (Wildman–Crippen LogP) is 5.57. The highest BCUT2D eigenvalue weighted by Gasteiger charge is 2.53. The van der Waals surface area contributed by atoms with Crippen LogP contribution in [0.1, 0.15) is 72.6 Å². The second kappa shape index (κ2) is 6.12. The third-order valence-electron chi connectivity index (χ3n) is 6.01. The van der Waals surface area contributed by atoms with Crippen LogP contribution in [0.25, 0.3) is 0 Å². The Bertz CT molecular complexity index is 470. The van der Waals surface area contributed by atoms with Gasteiger partial charge in [0.15, 0.2) is 0 Å². The molecule has 1 N–H and O–H groups in total. The van der Waals surface area contributed by atoms with Crippen molar-refractivity contribution in [2.75, 3.05) is 0 Å². The first-order chi connectivity index (χ1) is 9.78. The minimum Gasteiger partial charge on any atom is -0.385 e. The van der Waals surface area contributed by atoms with Crippen LogP contribution in [0.3, 0.4) is 0 Å². The quantitative estimate of drug-likeness (QED) is 0.626. The van der Waals surface area contributed by atoms with Crippen molar-refractivity contribution < 1.29 is 5.11 Å². The average molecular weight is 288 g/mol. The Hall–Kier alpha value is -0.820. The van der Waals surface area contributed by atoms with Crippen LogP contribution < -0.4 is 0 Å². The van der Waals surface area contributed by atoms with Gasteiger partial charge in [-0.05, 0) is 82.6 Å². The SMILES string of the molecule is C=C(C)[C@]1(O)CC[C@@]2(C)C/C=C(/C)CC/C=C(/C)CC[C@@H]21.